The lowest BCUT2D eigenvalue weighted by molar-refractivity contribution is 0.355. The average Bonchev–Trinajstić information content (AvgIpc) is 2.66. The Kier molecular flexibility index (Phi) is 4.52. The third kappa shape index (κ3) is 2.87. The van der Waals surface area contributed by atoms with Crippen molar-refractivity contribution in [1.82, 2.24) is 0 Å². The number of ether oxygens (including phenoxy) is 4. The summed E-state index contributed by atoms with van der Waals surface area (Å²) in [6.45, 7) is 0. The third-order valence-corrected chi connectivity index (χ3v) is 3.97. The van der Waals surface area contributed by atoms with E-state index in [1.807, 2.05) is 0 Å². The predicted octanol–water partition coefficient (Wildman–Crippen LogP) is 3.49. The third-order valence-electron chi connectivity index (χ3n) is 3.97. The fraction of sp³-hybridized carbons (Fsp3) is 0.211. The molecular weight excluding hydrogens is 324 g/mol. The second-order valence-corrected chi connectivity index (χ2v) is 5.25. The zero-order chi connectivity index (χ0) is 18.0. The van der Waals surface area contributed by atoms with Crippen molar-refractivity contribution in [2.75, 3.05) is 28.4 Å². The zero-order valence-corrected chi connectivity index (χ0v) is 14.4. The predicted molar refractivity (Wildman–Crippen MR) is 94.1 cm³/mol. The monoisotopic (exact) mass is 342 g/mol. The summed E-state index contributed by atoms with van der Waals surface area (Å²) in [5.74, 6) is 2.08. The van der Waals surface area contributed by atoms with Gasteiger partial charge in [0.2, 0.25) is 5.43 Å². The Morgan fingerprint density at radius 1 is 0.760 bits per heavy atom. The van der Waals surface area contributed by atoms with E-state index >= 15 is 0 Å². The van der Waals surface area contributed by atoms with Gasteiger partial charge in [-0.3, -0.25) is 4.79 Å². The molecule has 6 heteroatoms. The second kappa shape index (κ2) is 6.76. The first-order valence-corrected chi connectivity index (χ1v) is 7.52. The maximum atomic E-state index is 12.9. The summed E-state index contributed by atoms with van der Waals surface area (Å²) in [6, 6.07) is 8.50. The second-order valence-electron chi connectivity index (χ2n) is 5.25. The number of rotatable bonds is 5. The van der Waals surface area contributed by atoms with Crippen molar-refractivity contribution in [3.8, 4) is 34.1 Å². The van der Waals surface area contributed by atoms with Crippen LogP contribution in [0, 0.1) is 0 Å². The number of hydrogen-bond donors (Lipinski definition) is 0. The van der Waals surface area contributed by atoms with Gasteiger partial charge in [-0.2, -0.15) is 0 Å². The van der Waals surface area contributed by atoms with Gasteiger partial charge in [-0.15, -0.1) is 0 Å². The van der Waals surface area contributed by atoms with Crippen molar-refractivity contribution in [1.29, 1.82) is 0 Å². The minimum Gasteiger partial charge on any atom is -0.493 e. The lowest BCUT2D eigenvalue weighted by Crippen LogP contribution is -2.06. The van der Waals surface area contributed by atoms with Crippen LogP contribution in [-0.4, -0.2) is 28.4 Å². The molecule has 0 unspecified atom stereocenters. The molecule has 25 heavy (non-hydrogen) atoms. The first kappa shape index (κ1) is 16.7. The molecule has 0 fully saturated rings. The van der Waals surface area contributed by atoms with Gasteiger partial charge in [-0.05, 0) is 23.8 Å². The van der Waals surface area contributed by atoms with Crippen LogP contribution in [0.5, 0.6) is 23.0 Å². The normalized spacial score (nSPS) is 10.6. The van der Waals surface area contributed by atoms with E-state index < -0.39 is 0 Å². The molecule has 3 aromatic rings. The van der Waals surface area contributed by atoms with Gasteiger partial charge in [0.05, 0.1) is 39.4 Å². The van der Waals surface area contributed by atoms with Gasteiger partial charge in [0, 0.05) is 6.07 Å². The molecule has 0 spiro atoms. The van der Waals surface area contributed by atoms with Crippen LogP contribution < -0.4 is 24.4 Å². The van der Waals surface area contributed by atoms with Crippen molar-refractivity contribution in [2.24, 2.45) is 0 Å². The highest BCUT2D eigenvalue weighted by molar-refractivity contribution is 5.85. The number of hydrogen-bond acceptors (Lipinski definition) is 6. The highest BCUT2D eigenvalue weighted by atomic mass is 16.5. The molecule has 0 aliphatic carbocycles. The molecule has 3 rings (SSSR count). The van der Waals surface area contributed by atoms with E-state index in [0.29, 0.717) is 45.1 Å². The molecule has 130 valence electrons. The maximum Gasteiger partial charge on any atom is 0.200 e. The van der Waals surface area contributed by atoms with Gasteiger partial charge in [-0.1, -0.05) is 6.07 Å². The van der Waals surface area contributed by atoms with Crippen LogP contribution in [0.25, 0.3) is 22.1 Å². The van der Waals surface area contributed by atoms with E-state index in [9.17, 15) is 4.79 Å². The van der Waals surface area contributed by atoms with Crippen LogP contribution in [0.15, 0.2) is 45.8 Å². The van der Waals surface area contributed by atoms with Crippen LogP contribution >= 0.6 is 0 Å². The molecule has 0 saturated carbocycles. The molecule has 0 N–H and O–H groups in total. The molecule has 1 aromatic heterocycles. The molecular formula is C19H18O6. The molecule has 0 atom stereocenters. The Morgan fingerprint density at radius 2 is 1.36 bits per heavy atom. The van der Waals surface area contributed by atoms with E-state index in [2.05, 4.69) is 0 Å². The SMILES string of the molecule is COc1ccc(-c2coc3cc(OC)c(OC)cc3c2=O)cc1OC. The van der Waals surface area contributed by atoms with E-state index in [0.717, 1.165) is 0 Å². The molecule has 0 saturated heterocycles. The summed E-state index contributed by atoms with van der Waals surface area (Å²) in [6.07, 6.45) is 1.43. The molecule has 0 amide bonds. The van der Waals surface area contributed by atoms with Gasteiger partial charge in [0.15, 0.2) is 23.0 Å². The maximum absolute atomic E-state index is 12.9. The van der Waals surface area contributed by atoms with E-state index in [-0.39, 0.29) is 5.43 Å². The van der Waals surface area contributed by atoms with E-state index in [1.54, 1.807) is 44.6 Å². The Hall–Kier alpha value is -3.15. The van der Waals surface area contributed by atoms with Crippen LogP contribution in [0.2, 0.25) is 0 Å². The number of benzene rings is 2. The van der Waals surface area contributed by atoms with Crippen LogP contribution in [0.1, 0.15) is 0 Å². The topological polar surface area (TPSA) is 67.1 Å². The number of methoxy groups -OCH3 is 4. The standard InChI is InChI=1S/C19H18O6/c1-21-14-6-5-11(7-16(14)22-2)13-10-25-15-9-18(24-4)17(23-3)8-12(15)19(13)20/h5-10H,1-4H3. The zero-order valence-electron chi connectivity index (χ0n) is 14.4. The summed E-state index contributed by atoms with van der Waals surface area (Å²) < 4.78 is 26.7. The quantitative estimate of drug-likeness (QED) is 0.707. The molecule has 6 nitrogen and oxygen atoms in total. The molecule has 1 heterocycles. The molecule has 0 aliphatic heterocycles. The van der Waals surface area contributed by atoms with Gasteiger partial charge in [-0.25, -0.2) is 0 Å². The summed E-state index contributed by atoms with van der Waals surface area (Å²) in [7, 11) is 6.15. The van der Waals surface area contributed by atoms with Gasteiger partial charge in [0.1, 0.15) is 11.8 Å². The first-order valence-electron chi connectivity index (χ1n) is 7.52. The number of fused-ring (bicyclic) bond motifs is 1. The fourth-order valence-corrected chi connectivity index (χ4v) is 2.66. The van der Waals surface area contributed by atoms with Gasteiger partial charge >= 0.3 is 0 Å². The summed E-state index contributed by atoms with van der Waals surface area (Å²) in [4.78, 5) is 12.9. The molecule has 0 aliphatic rings. The minimum absolute atomic E-state index is 0.172. The van der Waals surface area contributed by atoms with Crippen molar-refractivity contribution in [3.63, 3.8) is 0 Å². The van der Waals surface area contributed by atoms with E-state index in [1.165, 1.54) is 20.5 Å². The van der Waals surface area contributed by atoms with Crippen molar-refractivity contribution in [2.45, 2.75) is 0 Å². The Bertz CT molecular complexity index is 974. The van der Waals surface area contributed by atoms with Crippen molar-refractivity contribution in [3.05, 3.63) is 46.8 Å². The highest BCUT2D eigenvalue weighted by Crippen LogP contribution is 2.34. The molecule has 0 radical (unpaired) electrons. The lowest BCUT2D eigenvalue weighted by atomic mass is 10.0. The first-order chi connectivity index (χ1) is 12.1. The Labute approximate surface area is 144 Å². The Balaban J connectivity index is 2.21. The largest absolute Gasteiger partial charge is 0.493 e. The van der Waals surface area contributed by atoms with E-state index in [4.69, 9.17) is 23.4 Å². The molecule has 2 aromatic carbocycles. The van der Waals surface area contributed by atoms with Gasteiger partial charge in [0.25, 0.3) is 0 Å². The lowest BCUT2D eigenvalue weighted by Gasteiger charge is -2.11. The smallest absolute Gasteiger partial charge is 0.200 e. The minimum atomic E-state index is -0.172. The van der Waals surface area contributed by atoms with Crippen molar-refractivity contribution < 1.29 is 23.4 Å². The van der Waals surface area contributed by atoms with Crippen LogP contribution in [0.3, 0.4) is 0 Å². The molecule has 0 bridgehead atoms. The Morgan fingerprint density at radius 3 is 2.00 bits per heavy atom. The average molecular weight is 342 g/mol. The van der Waals surface area contributed by atoms with Gasteiger partial charge < -0.3 is 23.4 Å². The summed E-state index contributed by atoms with van der Waals surface area (Å²) >= 11 is 0. The summed E-state index contributed by atoms with van der Waals surface area (Å²) in [5.41, 5.74) is 1.34. The fourth-order valence-electron chi connectivity index (χ4n) is 2.66. The van der Waals surface area contributed by atoms with Crippen LogP contribution in [-0.2, 0) is 0 Å². The highest BCUT2D eigenvalue weighted by Gasteiger charge is 2.15. The summed E-state index contributed by atoms with van der Waals surface area (Å²) in [5, 5.41) is 0.407. The van der Waals surface area contributed by atoms with Crippen molar-refractivity contribution >= 4 is 11.0 Å². The van der Waals surface area contributed by atoms with Crippen LogP contribution in [0.4, 0.5) is 0 Å².